The number of hydrogen-bond acceptors (Lipinski definition) is 5. The van der Waals surface area contributed by atoms with Crippen molar-refractivity contribution in [1.29, 1.82) is 0 Å². The lowest BCUT2D eigenvalue weighted by molar-refractivity contribution is 0.355. The van der Waals surface area contributed by atoms with Gasteiger partial charge in [0.05, 0.1) is 20.4 Å². The smallest absolute Gasteiger partial charge is 0.174 e. The summed E-state index contributed by atoms with van der Waals surface area (Å²) in [5.74, 6) is 1.81. The Morgan fingerprint density at radius 1 is 0.939 bits per heavy atom. The number of halogens is 2. The lowest BCUT2D eigenvalue weighted by Gasteiger charge is -2.23. The monoisotopic (exact) mass is 467 g/mol. The number of methoxy groups -OCH3 is 2. The van der Waals surface area contributed by atoms with Crippen LogP contribution in [0.15, 0.2) is 78.1 Å². The highest BCUT2D eigenvalue weighted by molar-refractivity contribution is 7.98. The van der Waals surface area contributed by atoms with E-state index in [-0.39, 0.29) is 11.6 Å². The summed E-state index contributed by atoms with van der Waals surface area (Å²) in [6.07, 6.45) is 1.74. The maximum Gasteiger partial charge on any atom is 0.174 e. The fourth-order valence-electron chi connectivity index (χ4n) is 3.42. The van der Waals surface area contributed by atoms with Crippen molar-refractivity contribution in [2.75, 3.05) is 26.2 Å². The molecule has 0 bridgehead atoms. The highest BCUT2D eigenvalue weighted by atomic mass is 32.2. The van der Waals surface area contributed by atoms with Crippen LogP contribution in [0.2, 0.25) is 0 Å². The molecule has 5 nitrogen and oxygen atoms in total. The van der Waals surface area contributed by atoms with Crippen molar-refractivity contribution in [1.82, 2.24) is 9.55 Å². The lowest BCUT2D eigenvalue weighted by atomic mass is 10.2. The van der Waals surface area contributed by atoms with Crippen LogP contribution in [0.25, 0.3) is 5.69 Å². The third-order valence-electron chi connectivity index (χ3n) is 5.21. The highest BCUT2D eigenvalue weighted by Crippen LogP contribution is 2.37. The average Bonchev–Trinajstić information content (AvgIpc) is 3.27. The molecule has 4 rings (SSSR count). The van der Waals surface area contributed by atoms with E-state index < -0.39 is 0 Å². The van der Waals surface area contributed by atoms with E-state index in [4.69, 9.17) is 9.47 Å². The molecule has 0 N–H and O–H groups in total. The topological polar surface area (TPSA) is 39.5 Å². The molecular weight excluding hydrogens is 444 g/mol. The van der Waals surface area contributed by atoms with Gasteiger partial charge in [0.25, 0.3) is 0 Å². The number of aromatic nitrogens is 2. The van der Waals surface area contributed by atoms with E-state index >= 15 is 0 Å². The minimum Gasteiger partial charge on any atom is -0.493 e. The summed E-state index contributed by atoms with van der Waals surface area (Å²) in [5.41, 5.74) is 2.18. The minimum absolute atomic E-state index is 0.257. The van der Waals surface area contributed by atoms with Crippen LogP contribution in [-0.2, 0) is 5.75 Å². The van der Waals surface area contributed by atoms with Gasteiger partial charge in [0.1, 0.15) is 17.5 Å². The van der Waals surface area contributed by atoms with Gasteiger partial charge in [0.15, 0.2) is 16.7 Å². The molecule has 0 aliphatic heterocycles. The van der Waals surface area contributed by atoms with Gasteiger partial charge in [-0.2, -0.15) is 0 Å². The van der Waals surface area contributed by atoms with Gasteiger partial charge in [-0.25, -0.2) is 13.8 Å². The quantitative estimate of drug-likeness (QED) is 0.287. The minimum atomic E-state index is -0.325. The molecule has 0 atom stereocenters. The van der Waals surface area contributed by atoms with Crippen LogP contribution in [0, 0.1) is 11.6 Å². The first-order valence-corrected chi connectivity index (χ1v) is 11.2. The average molecular weight is 468 g/mol. The molecule has 3 aromatic carbocycles. The van der Waals surface area contributed by atoms with Crippen molar-refractivity contribution < 1.29 is 18.3 Å². The third kappa shape index (κ3) is 4.80. The first-order chi connectivity index (χ1) is 16.0. The summed E-state index contributed by atoms with van der Waals surface area (Å²) < 4.78 is 40.4. The predicted molar refractivity (Wildman–Crippen MR) is 127 cm³/mol. The van der Waals surface area contributed by atoms with E-state index in [1.54, 1.807) is 44.7 Å². The molecule has 0 radical (unpaired) electrons. The van der Waals surface area contributed by atoms with Gasteiger partial charge in [-0.3, -0.25) is 4.57 Å². The van der Waals surface area contributed by atoms with E-state index in [0.717, 1.165) is 17.2 Å². The summed E-state index contributed by atoms with van der Waals surface area (Å²) in [6.45, 7) is 0. The van der Waals surface area contributed by atoms with Crippen LogP contribution in [0.4, 0.5) is 20.3 Å². The summed E-state index contributed by atoms with van der Waals surface area (Å²) in [4.78, 5) is 6.54. The predicted octanol–water partition coefficient (Wildman–Crippen LogP) is 6.23. The molecule has 0 saturated heterocycles. The van der Waals surface area contributed by atoms with E-state index in [1.807, 2.05) is 40.8 Å². The van der Waals surface area contributed by atoms with Crippen molar-refractivity contribution in [3.05, 3.63) is 90.1 Å². The standard InChI is InChI=1S/C25H23F2N3O2S/c1-29(20-12-13-22(31-2)23(14-20)32-3)24-15-28-25(30(24)19-10-8-18(26)9-11-19)33-16-17-6-4-5-7-21(17)27/h4-15H,16H2,1-3H3. The Bertz CT molecular complexity index is 1240. The SMILES string of the molecule is COc1ccc(N(C)c2cnc(SCc3ccccc3F)n2-c2ccc(F)cc2)cc1OC. The highest BCUT2D eigenvalue weighted by Gasteiger charge is 2.19. The van der Waals surface area contributed by atoms with E-state index in [9.17, 15) is 8.78 Å². The molecule has 0 spiro atoms. The second-order valence-electron chi connectivity index (χ2n) is 7.19. The van der Waals surface area contributed by atoms with Crippen molar-refractivity contribution in [3.63, 3.8) is 0 Å². The first-order valence-electron chi connectivity index (χ1n) is 10.2. The van der Waals surface area contributed by atoms with Gasteiger partial charge >= 0.3 is 0 Å². The zero-order valence-electron chi connectivity index (χ0n) is 18.5. The van der Waals surface area contributed by atoms with Crippen LogP contribution >= 0.6 is 11.8 Å². The number of benzene rings is 3. The zero-order chi connectivity index (χ0) is 23.4. The zero-order valence-corrected chi connectivity index (χ0v) is 19.3. The summed E-state index contributed by atoms with van der Waals surface area (Å²) in [5, 5.41) is 0.659. The van der Waals surface area contributed by atoms with Crippen LogP contribution in [0.1, 0.15) is 5.56 Å². The van der Waals surface area contributed by atoms with Gasteiger partial charge in [-0.05, 0) is 48.0 Å². The maximum atomic E-state index is 14.1. The lowest BCUT2D eigenvalue weighted by Crippen LogP contribution is -2.14. The summed E-state index contributed by atoms with van der Waals surface area (Å²) >= 11 is 1.41. The molecule has 170 valence electrons. The van der Waals surface area contributed by atoms with E-state index in [2.05, 4.69) is 4.98 Å². The van der Waals surface area contributed by atoms with Crippen molar-refractivity contribution in [3.8, 4) is 17.2 Å². The molecule has 8 heteroatoms. The number of nitrogens with zero attached hydrogens (tertiary/aromatic N) is 3. The van der Waals surface area contributed by atoms with Crippen molar-refractivity contribution >= 4 is 23.3 Å². The first kappa shape index (κ1) is 22.7. The van der Waals surface area contributed by atoms with Crippen LogP contribution in [0.5, 0.6) is 11.5 Å². The van der Waals surface area contributed by atoms with E-state index in [1.165, 1.54) is 30.0 Å². The Labute approximate surface area is 195 Å². The number of rotatable bonds is 8. The van der Waals surface area contributed by atoms with Crippen molar-refractivity contribution in [2.24, 2.45) is 0 Å². The molecule has 4 aromatic rings. The Kier molecular flexibility index (Phi) is 6.84. The molecule has 0 saturated carbocycles. The second kappa shape index (κ2) is 9.95. The summed E-state index contributed by atoms with van der Waals surface area (Å²) in [7, 11) is 5.08. The second-order valence-corrected chi connectivity index (χ2v) is 8.13. The van der Waals surface area contributed by atoms with E-state index in [0.29, 0.717) is 28.0 Å². The maximum absolute atomic E-state index is 14.1. The van der Waals surface area contributed by atoms with Crippen LogP contribution < -0.4 is 14.4 Å². The molecule has 0 aliphatic carbocycles. The Hall–Kier alpha value is -3.52. The molecule has 33 heavy (non-hydrogen) atoms. The number of ether oxygens (including phenoxy) is 2. The number of hydrogen-bond donors (Lipinski definition) is 0. The molecule has 0 fully saturated rings. The van der Waals surface area contributed by atoms with Gasteiger partial charge < -0.3 is 14.4 Å². The van der Waals surface area contributed by atoms with Crippen LogP contribution in [-0.4, -0.2) is 30.8 Å². The Balaban J connectivity index is 1.73. The normalized spacial score (nSPS) is 10.8. The molecule has 0 unspecified atom stereocenters. The third-order valence-corrected chi connectivity index (χ3v) is 6.21. The fraction of sp³-hybridized carbons (Fsp3) is 0.160. The summed E-state index contributed by atoms with van der Waals surface area (Å²) in [6, 6.07) is 18.5. The van der Waals surface area contributed by atoms with Gasteiger partial charge in [-0.1, -0.05) is 30.0 Å². The van der Waals surface area contributed by atoms with Gasteiger partial charge in [0.2, 0.25) is 0 Å². The van der Waals surface area contributed by atoms with Crippen LogP contribution in [0.3, 0.4) is 0 Å². The number of imidazole rings is 1. The Morgan fingerprint density at radius 3 is 2.36 bits per heavy atom. The molecule has 0 aliphatic rings. The molecule has 1 aromatic heterocycles. The fourth-order valence-corrected chi connectivity index (χ4v) is 4.40. The largest absolute Gasteiger partial charge is 0.493 e. The number of anilines is 2. The van der Waals surface area contributed by atoms with Gasteiger partial charge in [0, 0.05) is 30.2 Å². The molecular formula is C25H23F2N3O2S. The molecule has 0 amide bonds. The van der Waals surface area contributed by atoms with Crippen molar-refractivity contribution in [2.45, 2.75) is 10.9 Å². The number of thioether (sulfide) groups is 1. The van der Waals surface area contributed by atoms with Gasteiger partial charge in [-0.15, -0.1) is 0 Å². The Morgan fingerprint density at radius 2 is 1.67 bits per heavy atom. The molecule has 1 heterocycles.